The lowest BCUT2D eigenvalue weighted by atomic mass is 10.1. The van der Waals surface area contributed by atoms with Gasteiger partial charge in [0.05, 0.1) is 7.11 Å². The Morgan fingerprint density at radius 2 is 1.29 bits per heavy atom. The molecule has 7 nitrogen and oxygen atoms in total. The third-order valence-electron chi connectivity index (χ3n) is 5.74. The molecule has 0 bridgehead atoms. The van der Waals surface area contributed by atoms with Gasteiger partial charge in [-0.3, -0.25) is 13.5 Å². The number of amides is 1. The Kier molecular flexibility index (Phi) is 27.6. The second-order valence-corrected chi connectivity index (χ2v) is 9.93. The summed E-state index contributed by atoms with van der Waals surface area (Å²) in [6, 6.07) is 0.585. The standard InChI is InChI=1S/C25H50N2O.CH4O4S/c1-4-7-8-9-10-11-12-13-14-15-16-17-18-19-20-21-25(28)27-23-22-26-24(5-2)6-3;1-5-6(2,3)4/h13-14,24,26H,4-12,15-23H2,1-3H3,(H,27,28);1H3,(H,2,3,4)/b14-13-;. The molecule has 0 aliphatic rings. The summed E-state index contributed by atoms with van der Waals surface area (Å²) in [6.07, 6.45) is 24.6. The molecule has 0 atom stereocenters. The van der Waals surface area contributed by atoms with E-state index in [0.29, 0.717) is 12.5 Å². The van der Waals surface area contributed by atoms with Crippen LogP contribution >= 0.6 is 0 Å². The zero-order valence-corrected chi connectivity index (χ0v) is 23.3. The highest BCUT2D eigenvalue weighted by Gasteiger charge is 2.03. The summed E-state index contributed by atoms with van der Waals surface area (Å²) in [5, 5.41) is 6.50. The molecule has 8 heteroatoms. The number of carbonyl (C=O) groups excluding carboxylic acids is 1. The number of rotatable bonds is 22. The highest BCUT2D eigenvalue weighted by molar-refractivity contribution is 7.80. The van der Waals surface area contributed by atoms with E-state index < -0.39 is 10.4 Å². The van der Waals surface area contributed by atoms with Crippen LogP contribution in [0, 0.1) is 0 Å². The van der Waals surface area contributed by atoms with Gasteiger partial charge in [-0.05, 0) is 44.9 Å². The van der Waals surface area contributed by atoms with Gasteiger partial charge >= 0.3 is 10.4 Å². The first-order valence-corrected chi connectivity index (χ1v) is 14.8. The van der Waals surface area contributed by atoms with Crippen molar-refractivity contribution < 1.29 is 21.9 Å². The molecule has 34 heavy (non-hydrogen) atoms. The maximum absolute atomic E-state index is 11.8. The highest BCUT2D eigenvalue weighted by Crippen LogP contribution is 2.10. The molecule has 0 rings (SSSR count). The van der Waals surface area contributed by atoms with E-state index in [-0.39, 0.29) is 5.91 Å². The summed E-state index contributed by atoms with van der Waals surface area (Å²) >= 11 is 0. The van der Waals surface area contributed by atoms with Crippen molar-refractivity contribution in [2.45, 2.75) is 130 Å². The molecule has 0 heterocycles. The molecule has 0 aromatic carbocycles. The maximum Gasteiger partial charge on any atom is 0.397 e. The van der Waals surface area contributed by atoms with Crippen LogP contribution in [0.5, 0.6) is 0 Å². The van der Waals surface area contributed by atoms with Gasteiger partial charge in [-0.2, -0.15) is 8.42 Å². The Hall–Kier alpha value is -0.960. The van der Waals surface area contributed by atoms with Gasteiger partial charge in [0.1, 0.15) is 0 Å². The lowest BCUT2D eigenvalue weighted by molar-refractivity contribution is -0.121. The summed E-state index contributed by atoms with van der Waals surface area (Å²) in [4.78, 5) is 11.8. The number of hydrogen-bond donors (Lipinski definition) is 3. The SMILES string of the molecule is CCCCCCCC/C=C\CCCCCCCC(=O)NCCNC(CC)CC.COS(=O)(=O)O. The van der Waals surface area contributed by atoms with Crippen molar-refractivity contribution in [3.05, 3.63) is 12.2 Å². The first-order chi connectivity index (χ1) is 16.3. The van der Waals surface area contributed by atoms with Gasteiger partial charge in [-0.25, -0.2) is 0 Å². The monoisotopic (exact) mass is 506 g/mol. The summed E-state index contributed by atoms with van der Waals surface area (Å²) < 4.78 is 29.7. The predicted molar refractivity (Wildman–Crippen MR) is 143 cm³/mol. The predicted octanol–water partition coefficient (Wildman–Crippen LogP) is 6.35. The van der Waals surface area contributed by atoms with Crippen LogP contribution < -0.4 is 10.6 Å². The quantitative estimate of drug-likeness (QED) is 0.0897. The molecule has 0 fully saturated rings. The molecule has 0 aliphatic carbocycles. The number of unbranched alkanes of at least 4 members (excludes halogenated alkanes) is 11. The Bertz CT molecular complexity index is 564. The van der Waals surface area contributed by atoms with E-state index >= 15 is 0 Å². The fourth-order valence-corrected chi connectivity index (χ4v) is 3.50. The second kappa shape index (κ2) is 26.6. The van der Waals surface area contributed by atoms with Crippen molar-refractivity contribution in [2.24, 2.45) is 0 Å². The van der Waals surface area contributed by atoms with Crippen LogP contribution in [0.2, 0.25) is 0 Å². The third kappa shape index (κ3) is 31.0. The van der Waals surface area contributed by atoms with E-state index in [1.54, 1.807) is 0 Å². The summed E-state index contributed by atoms with van der Waals surface area (Å²) in [5.41, 5.74) is 0. The van der Waals surface area contributed by atoms with Crippen molar-refractivity contribution in [1.82, 2.24) is 10.6 Å². The lowest BCUT2D eigenvalue weighted by Gasteiger charge is -2.14. The number of nitrogens with one attached hydrogen (secondary N) is 2. The Balaban J connectivity index is 0. The van der Waals surface area contributed by atoms with Gasteiger partial charge in [0.2, 0.25) is 5.91 Å². The Morgan fingerprint density at radius 3 is 1.76 bits per heavy atom. The molecule has 0 unspecified atom stereocenters. The second-order valence-electron chi connectivity index (χ2n) is 8.75. The molecular weight excluding hydrogens is 452 g/mol. The zero-order chi connectivity index (χ0) is 25.9. The average molecular weight is 507 g/mol. The highest BCUT2D eigenvalue weighted by atomic mass is 32.3. The molecule has 0 aromatic rings. The molecule has 1 amide bonds. The van der Waals surface area contributed by atoms with Crippen LogP contribution in [0.1, 0.15) is 124 Å². The first-order valence-electron chi connectivity index (χ1n) is 13.5. The summed E-state index contributed by atoms with van der Waals surface area (Å²) in [7, 11) is -3.29. The molecule has 0 saturated carbocycles. The van der Waals surface area contributed by atoms with E-state index in [0.717, 1.165) is 39.5 Å². The minimum Gasteiger partial charge on any atom is -0.355 e. The molecule has 0 saturated heterocycles. The minimum absolute atomic E-state index is 0.212. The Morgan fingerprint density at radius 1 is 0.824 bits per heavy atom. The van der Waals surface area contributed by atoms with Crippen LogP contribution in [-0.4, -0.2) is 45.1 Å². The van der Waals surface area contributed by atoms with Gasteiger partial charge in [0, 0.05) is 25.6 Å². The van der Waals surface area contributed by atoms with Crippen LogP contribution in [0.15, 0.2) is 12.2 Å². The molecule has 3 N–H and O–H groups in total. The van der Waals surface area contributed by atoms with Crippen LogP contribution in [-0.2, 0) is 19.4 Å². The van der Waals surface area contributed by atoms with Crippen molar-refractivity contribution >= 4 is 16.3 Å². The Labute approximate surface area is 210 Å². The van der Waals surface area contributed by atoms with E-state index in [1.807, 2.05) is 0 Å². The van der Waals surface area contributed by atoms with Crippen LogP contribution in [0.4, 0.5) is 0 Å². The lowest BCUT2D eigenvalue weighted by Crippen LogP contribution is -2.36. The fraction of sp³-hybridized carbons (Fsp3) is 0.885. The van der Waals surface area contributed by atoms with Gasteiger partial charge in [0.25, 0.3) is 0 Å². The first kappa shape index (κ1) is 35.2. The summed E-state index contributed by atoms with van der Waals surface area (Å²) in [5.74, 6) is 0.212. The molecule has 0 aliphatic heterocycles. The van der Waals surface area contributed by atoms with Crippen molar-refractivity contribution in [2.75, 3.05) is 20.2 Å². The van der Waals surface area contributed by atoms with Gasteiger partial charge < -0.3 is 10.6 Å². The fourth-order valence-electron chi connectivity index (χ4n) is 3.50. The van der Waals surface area contributed by atoms with Crippen LogP contribution in [0.3, 0.4) is 0 Å². The minimum atomic E-state index is -4.16. The molecule has 0 spiro atoms. The van der Waals surface area contributed by atoms with E-state index in [1.165, 1.54) is 77.0 Å². The normalized spacial score (nSPS) is 11.6. The molecular formula is C26H54N2O5S. The van der Waals surface area contributed by atoms with Crippen molar-refractivity contribution in [3.63, 3.8) is 0 Å². The van der Waals surface area contributed by atoms with E-state index in [4.69, 9.17) is 4.55 Å². The largest absolute Gasteiger partial charge is 0.397 e. The van der Waals surface area contributed by atoms with Gasteiger partial charge in [0.15, 0.2) is 0 Å². The summed E-state index contributed by atoms with van der Waals surface area (Å²) in [6.45, 7) is 8.30. The topological polar surface area (TPSA) is 105 Å². The number of carbonyl (C=O) groups is 1. The van der Waals surface area contributed by atoms with Gasteiger partial charge in [-0.15, -0.1) is 0 Å². The molecule has 0 radical (unpaired) electrons. The smallest absolute Gasteiger partial charge is 0.355 e. The maximum atomic E-state index is 11.8. The number of allylic oxidation sites excluding steroid dienone is 2. The third-order valence-corrected chi connectivity index (χ3v) is 6.16. The molecule has 204 valence electrons. The van der Waals surface area contributed by atoms with E-state index in [9.17, 15) is 13.2 Å². The van der Waals surface area contributed by atoms with Crippen LogP contribution in [0.25, 0.3) is 0 Å². The zero-order valence-electron chi connectivity index (χ0n) is 22.4. The number of hydrogen-bond acceptors (Lipinski definition) is 5. The average Bonchev–Trinajstić information content (AvgIpc) is 2.81. The van der Waals surface area contributed by atoms with Gasteiger partial charge in [-0.1, -0.05) is 84.3 Å². The van der Waals surface area contributed by atoms with Crippen molar-refractivity contribution in [3.8, 4) is 0 Å². The molecule has 0 aromatic heterocycles. The van der Waals surface area contributed by atoms with E-state index in [2.05, 4.69) is 47.7 Å². The van der Waals surface area contributed by atoms with Crippen molar-refractivity contribution in [1.29, 1.82) is 0 Å².